The van der Waals surface area contributed by atoms with Crippen LogP contribution in [0.1, 0.15) is 17.7 Å². The highest BCUT2D eigenvalue weighted by Crippen LogP contribution is 2.37. The van der Waals surface area contributed by atoms with Crippen molar-refractivity contribution in [3.8, 4) is 6.07 Å². The fourth-order valence-electron chi connectivity index (χ4n) is 3.27. The number of halogens is 1. The van der Waals surface area contributed by atoms with Crippen LogP contribution in [0.15, 0.2) is 30.7 Å². The Balaban J connectivity index is 1.75. The number of hydrogen-bond donors (Lipinski definition) is 1. The van der Waals surface area contributed by atoms with Crippen molar-refractivity contribution in [2.45, 2.75) is 19.5 Å². The average Bonchev–Trinajstić information content (AvgIpc) is 3.30. The van der Waals surface area contributed by atoms with E-state index in [1.165, 1.54) is 0 Å². The number of hydrogen-bond acceptors (Lipinski definition) is 5. The van der Waals surface area contributed by atoms with Gasteiger partial charge in [0.2, 0.25) is 5.91 Å². The smallest absolute Gasteiger partial charge is 0.230 e. The minimum Gasteiger partial charge on any atom is -0.343 e. The van der Waals surface area contributed by atoms with Gasteiger partial charge in [-0.1, -0.05) is 0 Å². The second-order valence-electron chi connectivity index (χ2n) is 7.09. The molecule has 1 aliphatic rings. The molecule has 4 rings (SSSR count). The molecule has 0 bridgehead atoms. The molecule has 0 spiro atoms. The molecule has 7 nitrogen and oxygen atoms in total. The van der Waals surface area contributed by atoms with Gasteiger partial charge in [0.15, 0.2) is 0 Å². The second kappa shape index (κ2) is 6.60. The first-order chi connectivity index (χ1) is 13.4. The monoisotopic (exact) mass is 378 g/mol. The third-order valence-electron chi connectivity index (χ3n) is 5.07. The van der Waals surface area contributed by atoms with Gasteiger partial charge in [-0.05, 0) is 37.1 Å². The number of pyridine rings is 1. The number of fused-ring (bicyclic) bond motifs is 1. The van der Waals surface area contributed by atoms with Gasteiger partial charge in [0, 0.05) is 19.8 Å². The second-order valence-corrected chi connectivity index (χ2v) is 7.09. The fourth-order valence-corrected chi connectivity index (χ4v) is 3.27. The molecule has 0 aliphatic heterocycles. The molecule has 1 N–H and O–H groups in total. The van der Waals surface area contributed by atoms with Crippen molar-refractivity contribution in [3.05, 3.63) is 42.0 Å². The van der Waals surface area contributed by atoms with Crippen molar-refractivity contribution in [3.63, 3.8) is 0 Å². The van der Waals surface area contributed by atoms with E-state index < -0.39 is 12.1 Å². The maximum Gasteiger partial charge on any atom is 0.230 e. The lowest BCUT2D eigenvalue weighted by molar-refractivity contribution is -0.117. The summed E-state index contributed by atoms with van der Waals surface area (Å²) in [5.41, 5.74) is 4.95. The van der Waals surface area contributed by atoms with Crippen LogP contribution < -0.4 is 10.2 Å². The number of nitrogens with one attached hydrogen (secondary N) is 1. The SMILES string of the molecule is Cc1cc(C#N)ncc1N(C)c1cc(NC(=O)[C@H]2C[C@H]2F)c2ncn(C)c2c1. The first kappa shape index (κ1) is 17.9. The van der Waals surface area contributed by atoms with E-state index in [-0.39, 0.29) is 12.3 Å². The molecule has 8 heteroatoms. The topological polar surface area (TPSA) is 86.8 Å². The number of carbonyl (C=O) groups excluding carboxylic acids is 1. The number of alkyl halides is 1. The van der Waals surface area contributed by atoms with E-state index in [4.69, 9.17) is 5.26 Å². The molecule has 2 heterocycles. The van der Waals surface area contributed by atoms with Gasteiger partial charge in [-0.2, -0.15) is 5.26 Å². The summed E-state index contributed by atoms with van der Waals surface area (Å²) in [6, 6.07) is 7.54. The molecule has 3 aromatic rings. The highest BCUT2D eigenvalue weighted by atomic mass is 19.1. The van der Waals surface area contributed by atoms with Crippen LogP contribution in [-0.4, -0.2) is 33.7 Å². The normalized spacial score (nSPS) is 18.0. The number of nitriles is 1. The van der Waals surface area contributed by atoms with Crippen LogP contribution in [0.5, 0.6) is 0 Å². The zero-order chi connectivity index (χ0) is 20.0. The van der Waals surface area contributed by atoms with Crippen LogP contribution in [0.4, 0.5) is 21.5 Å². The lowest BCUT2D eigenvalue weighted by atomic mass is 10.1. The molecule has 28 heavy (non-hydrogen) atoms. The summed E-state index contributed by atoms with van der Waals surface area (Å²) in [6.45, 7) is 1.91. The molecule has 1 aromatic carbocycles. The molecule has 2 aromatic heterocycles. The Kier molecular flexibility index (Phi) is 4.23. The Morgan fingerprint density at radius 2 is 2.14 bits per heavy atom. The molecule has 0 radical (unpaired) electrons. The standard InChI is InChI=1S/C20H19FN6O/c1-11-4-12(8-22)23-9-18(11)27(3)13-5-16(25-20(28)14-7-15(14)21)19-17(6-13)26(2)10-24-19/h4-6,9-10,14-15H,7H2,1-3H3,(H,25,28)/t14-,15+/m0/s1. The van der Waals surface area contributed by atoms with Crippen molar-refractivity contribution < 1.29 is 9.18 Å². The van der Waals surface area contributed by atoms with Gasteiger partial charge in [0.05, 0.1) is 35.3 Å². The summed E-state index contributed by atoms with van der Waals surface area (Å²) in [5, 5.41) is 11.9. The minimum atomic E-state index is -1.06. The van der Waals surface area contributed by atoms with Gasteiger partial charge in [-0.3, -0.25) is 4.79 Å². The number of benzene rings is 1. The molecule has 2 atom stereocenters. The number of anilines is 3. The molecule has 0 unspecified atom stereocenters. The predicted octanol–water partition coefficient (Wildman–Crippen LogP) is 3.21. The third-order valence-corrected chi connectivity index (χ3v) is 5.07. The number of aromatic nitrogens is 3. The van der Waals surface area contributed by atoms with Crippen LogP contribution in [0.25, 0.3) is 11.0 Å². The van der Waals surface area contributed by atoms with Crippen LogP contribution >= 0.6 is 0 Å². The lowest BCUT2D eigenvalue weighted by Crippen LogP contribution is -2.17. The Labute approximate surface area is 161 Å². The van der Waals surface area contributed by atoms with E-state index in [2.05, 4.69) is 15.3 Å². The van der Waals surface area contributed by atoms with Crippen LogP contribution in [0.2, 0.25) is 0 Å². The number of nitrogens with zero attached hydrogens (tertiary/aromatic N) is 5. The number of rotatable bonds is 4. The Bertz CT molecular complexity index is 1130. The molecule has 1 aliphatic carbocycles. The van der Waals surface area contributed by atoms with Crippen molar-refractivity contribution in [2.75, 3.05) is 17.3 Å². The first-order valence-corrected chi connectivity index (χ1v) is 8.89. The summed E-state index contributed by atoms with van der Waals surface area (Å²) in [6.07, 6.45) is 2.54. The summed E-state index contributed by atoms with van der Waals surface area (Å²) in [5.74, 6) is -0.902. The number of amides is 1. The zero-order valence-electron chi connectivity index (χ0n) is 15.8. The summed E-state index contributed by atoms with van der Waals surface area (Å²) >= 11 is 0. The molecule has 0 saturated heterocycles. The first-order valence-electron chi connectivity index (χ1n) is 8.89. The van der Waals surface area contributed by atoms with E-state index in [9.17, 15) is 9.18 Å². The zero-order valence-corrected chi connectivity index (χ0v) is 15.8. The summed E-state index contributed by atoms with van der Waals surface area (Å²) < 4.78 is 15.1. The van der Waals surface area contributed by atoms with Gasteiger partial charge >= 0.3 is 0 Å². The fraction of sp³-hybridized carbons (Fsp3) is 0.300. The maximum atomic E-state index is 13.3. The summed E-state index contributed by atoms with van der Waals surface area (Å²) in [4.78, 5) is 22.7. The van der Waals surface area contributed by atoms with Gasteiger partial charge < -0.3 is 14.8 Å². The van der Waals surface area contributed by atoms with E-state index in [1.54, 1.807) is 18.6 Å². The highest BCUT2D eigenvalue weighted by molar-refractivity contribution is 6.03. The number of aryl methyl sites for hydroxylation is 2. The average molecular weight is 378 g/mol. The molecular weight excluding hydrogens is 359 g/mol. The predicted molar refractivity (Wildman–Crippen MR) is 104 cm³/mol. The highest BCUT2D eigenvalue weighted by Gasteiger charge is 2.43. The van der Waals surface area contributed by atoms with Gasteiger partial charge in [-0.15, -0.1) is 0 Å². The summed E-state index contributed by atoms with van der Waals surface area (Å²) in [7, 11) is 3.76. The molecule has 1 amide bonds. The van der Waals surface area contributed by atoms with Gasteiger partial charge in [0.25, 0.3) is 0 Å². The van der Waals surface area contributed by atoms with E-state index >= 15 is 0 Å². The van der Waals surface area contributed by atoms with Crippen molar-refractivity contribution in [2.24, 2.45) is 13.0 Å². The van der Waals surface area contributed by atoms with E-state index in [0.29, 0.717) is 16.9 Å². The van der Waals surface area contributed by atoms with E-state index in [1.807, 2.05) is 48.7 Å². The molecule has 1 saturated carbocycles. The van der Waals surface area contributed by atoms with Crippen LogP contribution in [0.3, 0.4) is 0 Å². The quantitative estimate of drug-likeness (QED) is 0.753. The number of carbonyl (C=O) groups is 1. The molecule has 142 valence electrons. The molecule has 1 fully saturated rings. The molecular formula is C20H19FN6O. The largest absolute Gasteiger partial charge is 0.343 e. The van der Waals surface area contributed by atoms with Crippen LogP contribution in [-0.2, 0) is 11.8 Å². The number of imidazole rings is 1. The Morgan fingerprint density at radius 3 is 2.79 bits per heavy atom. The maximum absolute atomic E-state index is 13.3. The van der Waals surface area contributed by atoms with Crippen molar-refractivity contribution in [1.82, 2.24) is 14.5 Å². The van der Waals surface area contributed by atoms with Crippen molar-refractivity contribution in [1.29, 1.82) is 5.26 Å². The third kappa shape index (κ3) is 3.05. The van der Waals surface area contributed by atoms with Gasteiger partial charge in [-0.25, -0.2) is 14.4 Å². The lowest BCUT2D eigenvalue weighted by Gasteiger charge is -2.22. The van der Waals surface area contributed by atoms with Gasteiger partial charge in [0.1, 0.15) is 23.5 Å². The Morgan fingerprint density at radius 1 is 1.39 bits per heavy atom. The Hall–Kier alpha value is -3.47. The van der Waals surface area contributed by atoms with Crippen LogP contribution in [0, 0.1) is 24.2 Å². The van der Waals surface area contributed by atoms with Crippen molar-refractivity contribution >= 4 is 34.0 Å². The van der Waals surface area contributed by atoms with E-state index in [0.717, 1.165) is 22.5 Å². The minimum absolute atomic E-state index is 0.271.